The van der Waals surface area contributed by atoms with E-state index in [0.29, 0.717) is 42.0 Å². The summed E-state index contributed by atoms with van der Waals surface area (Å²) in [6.07, 6.45) is 4.14. The summed E-state index contributed by atoms with van der Waals surface area (Å²) in [4.78, 5) is 10.8. The molecule has 1 N–H and O–H groups in total. The quantitative estimate of drug-likeness (QED) is 0.565. The molecule has 1 aliphatic carbocycles. The van der Waals surface area contributed by atoms with Crippen molar-refractivity contribution < 1.29 is 17.3 Å². The highest BCUT2D eigenvalue weighted by Gasteiger charge is 2.43. The first-order valence-electron chi connectivity index (χ1n) is 10.5. The molecule has 10 heteroatoms. The normalized spacial score (nSPS) is 16.4. The van der Waals surface area contributed by atoms with Crippen LogP contribution in [-0.4, -0.2) is 41.5 Å². The zero-order valence-electron chi connectivity index (χ0n) is 17.6. The van der Waals surface area contributed by atoms with Gasteiger partial charge in [0.05, 0.1) is 17.6 Å². The Morgan fingerprint density at radius 3 is 2.65 bits per heavy atom. The predicted molar refractivity (Wildman–Crippen MR) is 113 cm³/mol. The lowest BCUT2D eigenvalue weighted by Crippen LogP contribution is -2.44. The molecule has 4 rings (SSSR count). The molecule has 0 atom stereocenters. The number of sulfonamides is 1. The van der Waals surface area contributed by atoms with Gasteiger partial charge in [-0.15, -0.1) is 0 Å². The van der Waals surface area contributed by atoms with Gasteiger partial charge in [-0.05, 0) is 50.2 Å². The third-order valence-corrected chi connectivity index (χ3v) is 7.37. The van der Waals surface area contributed by atoms with Crippen LogP contribution < -0.4 is 4.72 Å². The Bertz CT molecular complexity index is 1170. The van der Waals surface area contributed by atoms with Crippen LogP contribution in [0.25, 0.3) is 10.9 Å². The number of hydrogen-bond acceptors (Lipinski definition) is 7. The fourth-order valence-electron chi connectivity index (χ4n) is 4.05. The average molecular weight is 448 g/mol. The Labute approximate surface area is 180 Å². The second-order valence-corrected chi connectivity index (χ2v) is 9.56. The summed E-state index contributed by atoms with van der Waals surface area (Å²) in [5, 5.41) is 4.55. The number of nitrogens with one attached hydrogen (secondary N) is 1. The molecule has 0 saturated heterocycles. The lowest BCUT2D eigenvalue weighted by atomic mass is 9.98. The van der Waals surface area contributed by atoms with Crippen molar-refractivity contribution in [3.05, 3.63) is 48.0 Å². The molecule has 1 aliphatic rings. The average Bonchev–Trinajstić information content (AvgIpc) is 3.41. The Morgan fingerprint density at radius 1 is 1.19 bits per heavy atom. The van der Waals surface area contributed by atoms with Crippen LogP contribution in [0, 0.1) is 5.82 Å². The molecule has 166 valence electrons. The largest absolute Gasteiger partial charge is 0.338 e. The molecule has 0 bridgehead atoms. The number of pyridine rings is 1. The van der Waals surface area contributed by atoms with Crippen LogP contribution in [0.3, 0.4) is 0 Å². The number of aromatic nitrogens is 3. The fraction of sp³-hybridized carbons (Fsp3) is 0.476. The monoisotopic (exact) mass is 447 g/mol. The minimum absolute atomic E-state index is 0.0243. The molecule has 31 heavy (non-hydrogen) atoms. The van der Waals surface area contributed by atoms with E-state index in [1.165, 1.54) is 30.5 Å². The maximum absolute atomic E-state index is 13.6. The van der Waals surface area contributed by atoms with Gasteiger partial charge in [0, 0.05) is 11.6 Å². The molecule has 0 aliphatic heterocycles. The van der Waals surface area contributed by atoms with Crippen molar-refractivity contribution in [2.45, 2.75) is 56.5 Å². The van der Waals surface area contributed by atoms with E-state index < -0.39 is 21.4 Å². The third kappa shape index (κ3) is 4.46. The lowest BCUT2D eigenvalue weighted by Gasteiger charge is -2.26. The SMILES string of the molecule is CCN(CC)Cc1nc(C2(NS(=O)(=O)c3cnc4ccc(F)cc4c3)CCCC2)no1. The molecular weight excluding hydrogens is 421 g/mol. The van der Waals surface area contributed by atoms with Crippen molar-refractivity contribution in [1.29, 1.82) is 0 Å². The topological polar surface area (TPSA) is 101 Å². The smallest absolute Gasteiger partial charge is 0.243 e. The molecule has 2 heterocycles. The van der Waals surface area contributed by atoms with Gasteiger partial charge in [0.25, 0.3) is 0 Å². The van der Waals surface area contributed by atoms with Crippen LogP contribution in [0.4, 0.5) is 4.39 Å². The summed E-state index contributed by atoms with van der Waals surface area (Å²) < 4.78 is 48.3. The first-order valence-corrected chi connectivity index (χ1v) is 12.0. The highest BCUT2D eigenvalue weighted by atomic mass is 32.2. The number of benzene rings is 1. The lowest BCUT2D eigenvalue weighted by molar-refractivity contribution is 0.244. The molecule has 1 fully saturated rings. The summed E-state index contributed by atoms with van der Waals surface area (Å²) in [5.74, 6) is 0.374. The molecule has 0 amide bonds. The van der Waals surface area contributed by atoms with Crippen molar-refractivity contribution in [2.24, 2.45) is 0 Å². The van der Waals surface area contributed by atoms with Gasteiger partial charge in [-0.2, -0.15) is 9.71 Å². The van der Waals surface area contributed by atoms with Crippen molar-refractivity contribution in [3.63, 3.8) is 0 Å². The van der Waals surface area contributed by atoms with Crippen LogP contribution in [0.2, 0.25) is 0 Å². The molecule has 1 saturated carbocycles. The molecule has 8 nitrogen and oxygen atoms in total. The van der Waals surface area contributed by atoms with Crippen molar-refractivity contribution in [3.8, 4) is 0 Å². The van der Waals surface area contributed by atoms with Crippen LogP contribution in [-0.2, 0) is 22.1 Å². The molecule has 0 radical (unpaired) electrons. The Morgan fingerprint density at radius 2 is 1.94 bits per heavy atom. The molecule has 3 aromatic rings. The number of rotatable bonds is 8. The maximum Gasteiger partial charge on any atom is 0.243 e. The van der Waals surface area contributed by atoms with Crippen molar-refractivity contribution in [2.75, 3.05) is 13.1 Å². The van der Waals surface area contributed by atoms with Gasteiger partial charge in [0.1, 0.15) is 10.7 Å². The summed E-state index contributed by atoms with van der Waals surface area (Å²) >= 11 is 0. The van der Waals surface area contributed by atoms with Crippen LogP contribution in [0.15, 0.2) is 39.9 Å². The number of hydrogen-bond donors (Lipinski definition) is 1. The van der Waals surface area contributed by atoms with E-state index in [1.54, 1.807) is 0 Å². The molecule has 1 aromatic carbocycles. The summed E-state index contributed by atoms with van der Waals surface area (Å²) in [6, 6.07) is 5.51. The van der Waals surface area contributed by atoms with Crippen LogP contribution in [0.1, 0.15) is 51.2 Å². The highest BCUT2D eigenvalue weighted by Crippen LogP contribution is 2.38. The van der Waals surface area contributed by atoms with Gasteiger partial charge in [-0.25, -0.2) is 12.8 Å². The number of fused-ring (bicyclic) bond motifs is 1. The number of nitrogens with zero attached hydrogens (tertiary/aromatic N) is 4. The third-order valence-electron chi connectivity index (χ3n) is 5.86. The minimum atomic E-state index is -3.94. The second-order valence-electron chi connectivity index (χ2n) is 7.88. The fourth-order valence-corrected chi connectivity index (χ4v) is 5.45. The van der Waals surface area contributed by atoms with E-state index in [0.717, 1.165) is 25.9 Å². The van der Waals surface area contributed by atoms with Crippen LogP contribution >= 0.6 is 0 Å². The predicted octanol–water partition coefficient (Wildman–Crippen LogP) is 3.35. The van der Waals surface area contributed by atoms with E-state index in [2.05, 4.69) is 38.6 Å². The summed E-state index contributed by atoms with van der Waals surface area (Å²) in [7, 11) is -3.94. The molecule has 0 unspecified atom stereocenters. The van der Waals surface area contributed by atoms with Crippen LogP contribution in [0.5, 0.6) is 0 Å². The first-order chi connectivity index (χ1) is 14.8. The van der Waals surface area contributed by atoms with Crippen molar-refractivity contribution in [1.82, 2.24) is 24.7 Å². The van der Waals surface area contributed by atoms with Crippen molar-refractivity contribution >= 4 is 20.9 Å². The standard InChI is InChI=1S/C21H26FN5O3S/c1-3-27(4-2)14-19-24-20(25-30-19)21(9-5-6-10-21)26-31(28,29)17-12-15-11-16(22)7-8-18(15)23-13-17/h7-8,11-13,26H,3-6,9-10,14H2,1-2H3. The zero-order valence-corrected chi connectivity index (χ0v) is 18.5. The van der Waals surface area contributed by atoms with E-state index in [4.69, 9.17) is 4.52 Å². The van der Waals surface area contributed by atoms with Gasteiger partial charge in [0.2, 0.25) is 15.9 Å². The highest BCUT2D eigenvalue weighted by molar-refractivity contribution is 7.89. The number of halogens is 1. The van der Waals surface area contributed by atoms with E-state index in [1.807, 2.05) is 0 Å². The Balaban J connectivity index is 1.64. The van der Waals surface area contributed by atoms with Gasteiger partial charge >= 0.3 is 0 Å². The van der Waals surface area contributed by atoms with E-state index in [9.17, 15) is 12.8 Å². The Hall–Kier alpha value is -2.43. The van der Waals surface area contributed by atoms with E-state index >= 15 is 0 Å². The van der Waals surface area contributed by atoms with Gasteiger partial charge in [-0.3, -0.25) is 9.88 Å². The molecular formula is C21H26FN5O3S. The van der Waals surface area contributed by atoms with E-state index in [-0.39, 0.29) is 4.90 Å². The first kappa shape index (κ1) is 21.8. The maximum atomic E-state index is 13.6. The molecule has 2 aromatic heterocycles. The zero-order chi connectivity index (χ0) is 22.1. The summed E-state index contributed by atoms with van der Waals surface area (Å²) in [6.45, 7) is 6.32. The van der Waals surface area contributed by atoms with Gasteiger partial charge < -0.3 is 4.52 Å². The summed E-state index contributed by atoms with van der Waals surface area (Å²) in [5.41, 5.74) is -0.407. The Kier molecular flexibility index (Phi) is 6.05. The molecule has 0 spiro atoms. The van der Waals surface area contributed by atoms with Gasteiger partial charge in [-0.1, -0.05) is 31.8 Å². The second kappa shape index (κ2) is 8.60. The van der Waals surface area contributed by atoms with Gasteiger partial charge in [0.15, 0.2) is 5.82 Å². The minimum Gasteiger partial charge on any atom is -0.338 e.